The third kappa shape index (κ3) is 3.24. The Bertz CT molecular complexity index is 472. The van der Waals surface area contributed by atoms with Gasteiger partial charge < -0.3 is 5.73 Å². The normalized spacial score (nSPS) is 13.8. The zero-order valence-electron chi connectivity index (χ0n) is 8.78. The van der Waals surface area contributed by atoms with Crippen LogP contribution in [0.15, 0.2) is 23.1 Å². The van der Waals surface area contributed by atoms with Gasteiger partial charge in [0, 0.05) is 12.1 Å². The first-order chi connectivity index (χ1) is 7.33. The summed E-state index contributed by atoms with van der Waals surface area (Å²) < 4.78 is 49.1. The highest BCUT2D eigenvalue weighted by Crippen LogP contribution is 2.17. The van der Waals surface area contributed by atoms with Crippen molar-refractivity contribution in [3.8, 4) is 0 Å². The van der Waals surface area contributed by atoms with Crippen molar-refractivity contribution >= 4 is 9.84 Å². The average molecular weight is 249 g/mol. The molecule has 0 fully saturated rings. The molecule has 0 aliphatic rings. The molecular formula is C10H13F2NO2S. The van der Waals surface area contributed by atoms with Gasteiger partial charge in [-0.15, -0.1) is 0 Å². The van der Waals surface area contributed by atoms with Gasteiger partial charge in [-0.1, -0.05) is 0 Å². The van der Waals surface area contributed by atoms with Crippen LogP contribution in [-0.2, 0) is 9.84 Å². The van der Waals surface area contributed by atoms with E-state index in [9.17, 15) is 17.2 Å². The topological polar surface area (TPSA) is 60.2 Å². The van der Waals surface area contributed by atoms with Crippen LogP contribution in [0, 0.1) is 11.6 Å². The van der Waals surface area contributed by atoms with E-state index in [0.717, 1.165) is 12.1 Å². The van der Waals surface area contributed by atoms with E-state index >= 15 is 0 Å². The van der Waals surface area contributed by atoms with Crippen molar-refractivity contribution in [1.29, 1.82) is 0 Å². The van der Waals surface area contributed by atoms with Crippen molar-refractivity contribution in [2.75, 3.05) is 5.75 Å². The lowest BCUT2D eigenvalue weighted by atomic mass is 10.3. The van der Waals surface area contributed by atoms with Crippen molar-refractivity contribution in [2.45, 2.75) is 24.3 Å². The van der Waals surface area contributed by atoms with Crippen LogP contribution < -0.4 is 5.73 Å². The summed E-state index contributed by atoms with van der Waals surface area (Å²) in [4.78, 5) is -0.477. The van der Waals surface area contributed by atoms with E-state index in [1.54, 1.807) is 6.92 Å². The molecule has 1 atom stereocenters. The van der Waals surface area contributed by atoms with Crippen molar-refractivity contribution < 1.29 is 17.2 Å². The Labute approximate surface area is 93.2 Å². The molecule has 0 bridgehead atoms. The lowest BCUT2D eigenvalue weighted by Gasteiger charge is -2.07. The summed E-state index contributed by atoms with van der Waals surface area (Å²) in [7, 11) is -3.72. The van der Waals surface area contributed by atoms with Gasteiger partial charge in [-0.25, -0.2) is 17.2 Å². The standard InChI is InChI=1S/C10H13F2NO2S/c1-7(13)4-5-16(14,15)10-3-2-8(11)6-9(10)12/h2-3,6-7H,4-5,13H2,1H3. The van der Waals surface area contributed by atoms with E-state index in [1.165, 1.54) is 0 Å². The summed E-state index contributed by atoms with van der Waals surface area (Å²) in [5, 5.41) is 0. The van der Waals surface area contributed by atoms with Gasteiger partial charge in [0.25, 0.3) is 0 Å². The van der Waals surface area contributed by atoms with Gasteiger partial charge >= 0.3 is 0 Å². The summed E-state index contributed by atoms with van der Waals surface area (Å²) in [6.07, 6.45) is 0.235. The molecule has 0 radical (unpaired) electrons. The van der Waals surface area contributed by atoms with Crippen LogP contribution in [-0.4, -0.2) is 20.2 Å². The molecule has 6 heteroatoms. The Morgan fingerprint density at radius 2 is 2.00 bits per heavy atom. The highest BCUT2D eigenvalue weighted by Gasteiger charge is 2.19. The Kier molecular flexibility index (Phi) is 3.98. The van der Waals surface area contributed by atoms with E-state index < -0.39 is 26.4 Å². The number of rotatable bonds is 4. The SMILES string of the molecule is CC(N)CCS(=O)(=O)c1ccc(F)cc1F. The molecule has 1 aromatic carbocycles. The predicted molar refractivity (Wildman–Crippen MR) is 56.7 cm³/mol. The summed E-state index contributed by atoms with van der Waals surface area (Å²) >= 11 is 0. The first kappa shape index (κ1) is 13.1. The number of sulfone groups is 1. The highest BCUT2D eigenvalue weighted by atomic mass is 32.2. The van der Waals surface area contributed by atoms with Gasteiger partial charge in [-0.2, -0.15) is 0 Å². The molecule has 90 valence electrons. The molecule has 1 aromatic rings. The second kappa shape index (κ2) is 4.88. The lowest BCUT2D eigenvalue weighted by molar-refractivity contribution is 0.546. The average Bonchev–Trinajstić information content (AvgIpc) is 2.14. The van der Waals surface area contributed by atoms with Crippen LogP contribution in [0.2, 0.25) is 0 Å². The largest absolute Gasteiger partial charge is 0.328 e. The Balaban J connectivity index is 2.99. The Morgan fingerprint density at radius 1 is 1.38 bits per heavy atom. The molecule has 3 nitrogen and oxygen atoms in total. The molecule has 0 saturated carbocycles. The fourth-order valence-electron chi connectivity index (χ4n) is 1.18. The maximum atomic E-state index is 13.2. The van der Waals surface area contributed by atoms with Crippen LogP contribution >= 0.6 is 0 Å². The zero-order chi connectivity index (χ0) is 12.3. The molecule has 16 heavy (non-hydrogen) atoms. The molecule has 0 spiro atoms. The van der Waals surface area contributed by atoms with Gasteiger partial charge in [-0.05, 0) is 25.5 Å². The van der Waals surface area contributed by atoms with E-state index in [0.29, 0.717) is 6.07 Å². The summed E-state index contributed by atoms with van der Waals surface area (Å²) in [6, 6.07) is 2.13. The first-order valence-electron chi connectivity index (χ1n) is 4.76. The molecule has 0 amide bonds. The molecule has 0 saturated heterocycles. The third-order valence-corrected chi connectivity index (χ3v) is 3.85. The fourth-order valence-corrected chi connectivity index (χ4v) is 2.71. The van der Waals surface area contributed by atoms with Crippen LogP contribution in [0.5, 0.6) is 0 Å². The van der Waals surface area contributed by atoms with E-state index in [4.69, 9.17) is 5.73 Å². The summed E-state index contributed by atoms with van der Waals surface area (Å²) in [5.41, 5.74) is 5.42. The second-order valence-corrected chi connectivity index (χ2v) is 5.74. The van der Waals surface area contributed by atoms with Gasteiger partial charge in [0.2, 0.25) is 0 Å². The monoisotopic (exact) mass is 249 g/mol. The van der Waals surface area contributed by atoms with Crippen LogP contribution in [0.25, 0.3) is 0 Å². The minimum Gasteiger partial charge on any atom is -0.328 e. The molecule has 0 aliphatic carbocycles. The molecule has 1 rings (SSSR count). The smallest absolute Gasteiger partial charge is 0.181 e. The number of hydrogen-bond donors (Lipinski definition) is 1. The molecule has 0 aromatic heterocycles. The third-order valence-electron chi connectivity index (χ3n) is 2.07. The van der Waals surface area contributed by atoms with Crippen molar-refractivity contribution in [2.24, 2.45) is 5.73 Å². The molecular weight excluding hydrogens is 236 g/mol. The fraction of sp³-hybridized carbons (Fsp3) is 0.400. The maximum Gasteiger partial charge on any atom is 0.181 e. The number of benzene rings is 1. The summed E-state index contributed by atoms with van der Waals surface area (Å²) in [5.74, 6) is -2.11. The number of hydrogen-bond acceptors (Lipinski definition) is 3. The zero-order valence-corrected chi connectivity index (χ0v) is 9.60. The lowest BCUT2D eigenvalue weighted by Crippen LogP contribution is -2.20. The minimum atomic E-state index is -3.72. The van der Waals surface area contributed by atoms with Gasteiger partial charge in [0.05, 0.1) is 5.75 Å². The van der Waals surface area contributed by atoms with Crippen LogP contribution in [0.1, 0.15) is 13.3 Å². The van der Waals surface area contributed by atoms with E-state index in [-0.39, 0.29) is 18.2 Å². The second-order valence-electron chi connectivity index (χ2n) is 3.66. The van der Waals surface area contributed by atoms with Gasteiger partial charge in [0.1, 0.15) is 16.5 Å². The highest BCUT2D eigenvalue weighted by molar-refractivity contribution is 7.91. The van der Waals surface area contributed by atoms with Gasteiger partial charge in [0.15, 0.2) is 9.84 Å². The van der Waals surface area contributed by atoms with E-state index in [2.05, 4.69) is 0 Å². The van der Waals surface area contributed by atoms with Crippen molar-refractivity contribution in [3.05, 3.63) is 29.8 Å². The first-order valence-corrected chi connectivity index (χ1v) is 6.41. The number of nitrogens with two attached hydrogens (primary N) is 1. The van der Waals surface area contributed by atoms with Crippen molar-refractivity contribution in [1.82, 2.24) is 0 Å². The van der Waals surface area contributed by atoms with Crippen LogP contribution in [0.4, 0.5) is 8.78 Å². The molecule has 2 N–H and O–H groups in total. The number of halogens is 2. The van der Waals surface area contributed by atoms with E-state index in [1.807, 2.05) is 0 Å². The minimum absolute atomic E-state index is 0.235. The van der Waals surface area contributed by atoms with Crippen molar-refractivity contribution in [3.63, 3.8) is 0 Å². The molecule has 1 unspecified atom stereocenters. The summed E-state index contributed by atoms with van der Waals surface area (Å²) in [6.45, 7) is 1.66. The quantitative estimate of drug-likeness (QED) is 0.822. The van der Waals surface area contributed by atoms with Gasteiger partial charge in [-0.3, -0.25) is 0 Å². The Hall–Kier alpha value is -1.01. The maximum absolute atomic E-state index is 13.2. The predicted octanol–water partition coefficient (Wildman–Crippen LogP) is 1.48. The van der Waals surface area contributed by atoms with Crippen LogP contribution in [0.3, 0.4) is 0 Å². The molecule has 0 heterocycles. The molecule has 0 aliphatic heterocycles. The Morgan fingerprint density at radius 3 is 2.50 bits per heavy atom.